The Bertz CT molecular complexity index is 895. The van der Waals surface area contributed by atoms with E-state index in [1.165, 1.54) is 6.26 Å². The number of ether oxygens (including phenoxy) is 1. The van der Waals surface area contributed by atoms with E-state index in [0.29, 0.717) is 27.8 Å². The molecule has 1 heterocycles. The van der Waals surface area contributed by atoms with Gasteiger partial charge in [0.05, 0.1) is 10.9 Å². The standard InChI is InChI=1S/C17H12O5/c18-16(19)10-22-14-7-3-1-5-11(14)13-9-21-15-8-4-2-6-12(15)17(13)20/h1-9H,10H2,(H,18,19). The molecule has 0 saturated heterocycles. The molecular weight excluding hydrogens is 284 g/mol. The Balaban J connectivity index is 2.14. The minimum absolute atomic E-state index is 0.187. The Labute approximate surface area is 125 Å². The summed E-state index contributed by atoms with van der Waals surface area (Å²) < 4.78 is 10.7. The molecule has 0 fully saturated rings. The summed E-state index contributed by atoms with van der Waals surface area (Å²) in [6, 6.07) is 13.7. The summed E-state index contributed by atoms with van der Waals surface area (Å²) in [6.45, 7) is -0.476. The van der Waals surface area contributed by atoms with Crippen LogP contribution in [0.1, 0.15) is 0 Å². The first kappa shape index (κ1) is 13.9. The van der Waals surface area contributed by atoms with Crippen molar-refractivity contribution >= 4 is 16.9 Å². The second-order valence-corrected chi connectivity index (χ2v) is 4.65. The average molecular weight is 296 g/mol. The van der Waals surface area contributed by atoms with Gasteiger partial charge in [-0.2, -0.15) is 0 Å². The molecule has 0 atom stereocenters. The fraction of sp³-hybridized carbons (Fsp3) is 0.0588. The highest BCUT2D eigenvalue weighted by molar-refractivity contribution is 5.83. The van der Waals surface area contributed by atoms with E-state index >= 15 is 0 Å². The van der Waals surface area contributed by atoms with Crippen LogP contribution >= 0.6 is 0 Å². The highest BCUT2D eigenvalue weighted by Gasteiger charge is 2.13. The Morgan fingerprint density at radius 3 is 2.59 bits per heavy atom. The monoisotopic (exact) mass is 296 g/mol. The van der Waals surface area contributed by atoms with Gasteiger partial charge in [-0.3, -0.25) is 4.79 Å². The van der Waals surface area contributed by atoms with Crippen LogP contribution in [0, 0.1) is 0 Å². The van der Waals surface area contributed by atoms with Crippen molar-refractivity contribution in [2.75, 3.05) is 6.61 Å². The van der Waals surface area contributed by atoms with Crippen molar-refractivity contribution in [1.29, 1.82) is 0 Å². The SMILES string of the molecule is O=C(O)COc1ccccc1-c1coc2ccccc2c1=O. The molecule has 0 saturated carbocycles. The van der Waals surface area contributed by atoms with Crippen LogP contribution in [0.5, 0.6) is 5.75 Å². The smallest absolute Gasteiger partial charge is 0.341 e. The van der Waals surface area contributed by atoms with Crippen molar-refractivity contribution in [3.8, 4) is 16.9 Å². The molecule has 0 bridgehead atoms. The van der Waals surface area contributed by atoms with E-state index in [9.17, 15) is 9.59 Å². The zero-order chi connectivity index (χ0) is 15.5. The number of rotatable bonds is 4. The molecule has 5 nitrogen and oxygen atoms in total. The van der Waals surface area contributed by atoms with E-state index < -0.39 is 12.6 Å². The maximum Gasteiger partial charge on any atom is 0.341 e. The number of carboxylic acid groups (broad SMARTS) is 1. The van der Waals surface area contributed by atoms with Crippen molar-refractivity contribution in [2.45, 2.75) is 0 Å². The summed E-state index contributed by atoms with van der Waals surface area (Å²) in [5.74, 6) is -0.757. The van der Waals surface area contributed by atoms with Crippen LogP contribution in [-0.4, -0.2) is 17.7 Å². The third-order valence-corrected chi connectivity index (χ3v) is 3.21. The molecule has 0 aliphatic heterocycles. The number of para-hydroxylation sites is 2. The lowest BCUT2D eigenvalue weighted by atomic mass is 10.0. The van der Waals surface area contributed by atoms with Crippen molar-refractivity contribution in [1.82, 2.24) is 0 Å². The topological polar surface area (TPSA) is 76.7 Å². The fourth-order valence-corrected chi connectivity index (χ4v) is 2.22. The van der Waals surface area contributed by atoms with Crippen molar-refractivity contribution in [3.63, 3.8) is 0 Å². The molecule has 0 aliphatic carbocycles. The quantitative estimate of drug-likeness (QED) is 0.801. The lowest BCUT2D eigenvalue weighted by Crippen LogP contribution is -2.11. The predicted octanol–water partition coefficient (Wildman–Crippen LogP) is 2.92. The molecule has 0 unspecified atom stereocenters. The van der Waals surface area contributed by atoms with Gasteiger partial charge in [-0.25, -0.2) is 4.79 Å². The predicted molar refractivity (Wildman–Crippen MR) is 81.1 cm³/mol. The Kier molecular flexibility index (Phi) is 3.62. The van der Waals surface area contributed by atoms with Crippen molar-refractivity contribution in [3.05, 3.63) is 65.0 Å². The first-order valence-corrected chi connectivity index (χ1v) is 6.61. The molecule has 0 radical (unpaired) electrons. The number of carbonyl (C=O) groups is 1. The molecule has 1 N–H and O–H groups in total. The first-order chi connectivity index (χ1) is 10.7. The zero-order valence-corrected chi connectivity index (χ0v) is 11.5. The number of aliphatic carboxylic acids is 1. The third-order valence-electron chi connectivity index (χ3n) is 3.21. The Hall–Kier alpha value is -3.08. The van der Waals surface area contributed by atoms with Gasteiger partial charge in [0.1, 0.15) is 17.6 Å². The lowest BCUT2D eigenvalue weighted by Gasteiger charge is -2.09. The number of hydrogen-bond donors (Lipinski definition) is 1. The van der Waals surface area contributed by atoms with Crippen molar-refractivity contribution in [2.24, 2.45) is 0 Å². The second-order valence-electron chi connectivity index (χ2n) is 4.65. The summed E-state index contributed by atoms with van der Waals surface area (Å²) in [7, 11) is 0. The number of benzene rings is 2. The number of fused-ring (bicyclic) bond motifs is 1. The molecule has 110 valence electrons. The van der Waals surface area contributed by atoms with Crippen LogP contribution in [0.3, 0.4) is 0 Å². The molecule has 0 amide bonds. The van der Waals surface area contributed by atoms with Gasteiger partial charge in [0.15, 0.2) is 6.61 Å². The van der Waals surface area contributed by atoms with Gasteiger partial charge in [0.2, 0.25) is 5.43 Å². The third kappa shape index (κ3) is 2.56. The van der Waals surface area contributed by atoms with Crippen LogP contribution in [0.15, 0.2) is 64.0 Å². The van der Waals surface area contributed by atoms with Gasteiger partial charge >= 0.3 is 5.97 Å². The molecule has 2 aromatic carbocycles. The summed E-state index contributed by atoms with van der Waals surface area (Å²) >= 11 is 0. The lowest BCUT2D eigenvalue weighted by molar-refractivity contribution is -0.139. The van der Waals surface area contributed by atoms with Gasteiger partial charge in [-0.15, -0.1) is 0 Å². The molecule has 3 rings (SSSR count). The van der Waals surface area contributed by atoms with E-state index in [-0.39, 0.29) is 5.43 Å². The molecular formula is C17H12O5. The molecule has 3 aromatic rings. The summed E-state index contributed by atoms with van der Waals surface area (Å²) in [4.78, 5) is 23.2. The largest absolute Gasteiger partial charge is 0.481 e. The molecule has 22 heavy (non-hydrogen) atoms. The molecule has 0 aliphatic rings. The normalized spacial score (nSPS) is 10.5. The van der Waals surface area contributed by atoms with Crippen LogP contribution < -0.4 is 10.2 Å². The van der Waals surface area contributed by atoms with Gasteiger partial charge in [0, 0.05) is 5.56 Å². The van der Waals surface area contributed by atoms with Crippen LogP contribution in [-0.2, 0) is 4.79 Å². The van der Waals surface area contributed by atoms with E-state index in [1.807, 2.05) is 0 Å². The highest BCUT2D eigenvalue weighted by Crippen LogP contribution is 2.28. The molecule has 5 heteroatoms. The van der Waals surface area contributed by atoms with E-state index in [0.717, 1.165) is 0 Å². The van der Waals surface area contributed by atoms with Gasteiger partial charge in [-0.1, -0.05) is 30.3 Å². The minimum Gasteiger partial charge on any atom is -0.481 e. The average Bonchev–Trinajstić information content (AvgIpc) is 2.54. The number of hydrogen-bond acceptors (Lipinski definition) is 4. The zero-order valence-electron chi connectivity index (χ0n) is 11.5. The molecule has 0 spiro atoms. The van der Waals surface area contributed by atoms with E-state index in [4.69, 9.17) is 14.3 Å². The highest BCUT2D eigenvalue weighted by atomic mass is 16.5. The van der Waals surface area contributed by atoms with Gasteiger partial charge in [0.25, 0.3) is 0 Å². The van der Waals surface area contributed by atoms with Crippen LogP contribution in [0.4, 0.5) is 0 Å². The van der Waals surface area contributed by atoms with E-state index in [2.05, 4.69) is 0 Å². The summed E-state index contributed by atoms with van der Waals surface area (Å²) in [6.07, 6.45) is 1.37. The van der Waals surface area contributed by atoms with Gasteiger partial charge < -0.3 is 14.3 Å². The number of carboxylic acids is 1. The van der Waals surface area contributed by atoms with Crippen LogP contribution in [0.25, 0.3) is 22.1 Å². The van der Waals surface area contributed by atoms with Gasteiger partial charge in [-0.05, 0) is 18.2 Å². The second kappa shape index (κ2) is 5.73. The Morgan fingerprint density at radius 1 is 1.05 bits per heavy atom. The fourth-order valence-electron chi connectivity index (χ4n) is 2.22. The maximum atomic E-state index is 12.6. The summed E-state index contributed by atoms with van der Waals surface area (Å²) in [5, 5.41) is 9.19. The van der Waals surface area contributed by atoms with Crippen LogP contribution in [0.2, 0.25) is 0 Å². The van der Waals surface area contributed by atoms with Crippen molar-refractivity contribution < 1.29 is 19.1 Å². The summed E-state index contributed by atoms with van der Waals surface area (Å²) in [5.41, 5.74) is 1.15. The van der Waals surface area contributed by atoms with E-state index in [1.54, 1.807) is 48.5 Å². The Morgan fingerprint density at radius 2 is 1.77 bits per heavy atom. The minimum atomic E-state index is -1.08. The first-order valence-electron chi connectivity index (χ1n) is 6.61. The maximum absolute atomic E-state index is 12.6. The molecule has 1 aromatic heterocycles.